The highest BCUT2D eigenvalue weighted by Gasteiger charge is 2.19. The first-order valence-electron chi connectivity index (χ1n) is 6.34. The fourth-order valence-corrected chi connectivity index (χ4v) is 3.39. The van der Waals surface area contributed by atoms with Crippen LogP contribution in [-0.4, -0.2) is 5.16 Å². The van der Waals surface area contributed by atoms with Crippen LogP contribution in [0.1, 0.15) is 5.56 Å². The molecule has 0 spiro atoms. The molecule has 0 radical (unpaired) electrons. The van der Waals surface area contributed by atoms with Crippen LogP contribution < -0.4 is 5.73 Å². The van der Waals surface area contributed by atoms with Crippen molar-refractivity contribution in [3.8, 4) is 22.4 Å². The highest BCUT2D eigenvalue weighted by atomic mass is 79.9. The average molecular weight is 408 g/mol. The summed E-state index contributed by atoms with van der Waals surface area (Å²) in [6.07, 6.45) is 0. The molecular formula is C16H12Br2N2O. The predicted octanol–water partition coefficient (Wildman–Crippen LogP) is 5.42. The van der Waals surface area contributed by atoms with Crippen LogP contribution in [0.5, 0.6) is 0 Å². The van der Waals surface area contributed by atoms with Gasteiger partial charge in [-0.05, 0) is 36.8 Å². The summed E-state index contributed by atoms with van der Waals surface area (Å²) in [5.74, 6) is 0.314. The van der Waals surface area contributed by atoms with Gasteiger partial charge in [-0.25, -0.2) is 0 Å². The minimum Gasteiger partial charge on any atom is -0.367 e. The van der Waals surface area contributed by atoms with Gasteiger partial charge in [-0.15, -0.1) is 0 Å². The number of nitrogen functional groups attached to an aromatic ring is 1. The Morgan fingerprint density at radius 2 is 1.86 bits per heavy atom. The van der Waals surface area contributed by atoms with Gasteiger partial charge in [0.05, 0.1) is 5.56 Å². The normalized spacial score (nSPS) is 10.8. The van der Waals surface area contributed by atoms with Gasteiger partial charge in [-0.3, -0.25) is 0 Å². The third-order valence-corrected chi connectivity index (χ3v) is 4.33. The molecule has 1 heterocycles. The van der Waals surface area contributed by atoms with Crippen LogP contribution in [0.3, 0.4) is 0 Å². The van der Waals surface area contributed by atoms with Gasteiger partial charge in [-0.1, -0.05) is 55.2 Å². The second-order valence-electron chi connectivity index (χ2n) is 4.77. The topological polar surface area (TPSA) is 52.0 Å². The summed E-state index contributed by atoms with van der Waals surface area (Å²) < 4.78 is 7.18. The summed E-state index contributed by atoms with van der Waals surface area (Å²) in [5.41, 5.74) is 10.6. The van der Waals surface area contributed by atoms with Crippen molar-refractivity contribution in [1.82, 2.24) is 5.16 Å². The molecule has 1 aromatic heterocycles. The number of halogens is 2. The summed E-state index contributed by atoms with van der Waals surface area (Å²) in [4.78, 5) is 0. The lowest BCUT2D eigenvalue weighted by atomic mass is 10.00. The second kappa shape index (κ2) is 5.66. The first-order chi connectivity index (χ1) is 10.1. The number of anilines is 1. The lowest BCUT2D eigenvalue weighted by molar-refractivity contribution is 0.439. The van der Waals surface area contributed by atoms with Crippen LogP contribution in [-0.2, 0) is 0 Å². The molecule has 106 valence electrons. The maximum atomic E-state index is 5.99. The summed E-state index contributed by atoms with van der Waals surface area (Å²) in [6.45, 7) is 2.04. The Labute approximate surface area is 139 Å². The van der Waals surface area contributed by atoms with E-state index in [9.17, 15) is 0 Å². The average Bonchev–Trinajstić information content (AvgIpc) is 2.80. The molecule has 21 heavy (non-hydrogen) atoms. The summed E-state index contributed by atoms with van der Waals surface area (Å²) in [5, 5.41) is 4.14. The van der Waals surface area contributed by atoms with Gasteiger partial charge in [0.2, 0.25) is 5.88 Å². The highest BCUT2D eigenvalue weighted by molar-refractivity contribution is 9.10. The van der Waals surface area contributed by atoms with Crippen LogP contribution >= 0.6 is 31.9 Å². The lowest BCUT2D eigenvalue weighted by Crippen LogP contribution is -1.89. The molecule has 0 fully saturated rings. The summed E-state index contributed by atoms with van der Waals surface area (Å²) >= 11 is 7.07. The van der Waals surface area contributed by atoms with Crippen molar-refractivity contribution >= 4 is 37.7 Å². The van der Waals surface area contributed by atoms with E-state index in [0.717, 1.165) is 36.9 Å². The smallest absolute Gasteiger partial charge is 0.230 e. The second-order valence-corrected chi connectivity index (χ2v) is 6.54. The number of hydrogen-bond acceptors (Lipinski definition) is 3. The summed E-state index contributed by atoms with van der Waals surface area (Å²) in [6, 6.07) is 14.0. The van der Waals surface area contributed by atoms with E-state index < -0.39 is 0 Å². The van der Waals surface area contributed by atoms with Crippen molar-refractivity contribution in [2.45, 2.75) is 6.92 Å². The van der Waals surface area contributed by atoms with E-state index in [-0.39, 0.29) is 0 Å². The predicted molar refractivity (Wildman–Crippen MR) is 91.9 cm³/mol. The lowest BCUT2D eigenvalue weighted by Gasteiger charge is -2.06. The third kappa shape index (κ3) is 2.76. The molecule has 0 amide bonds. The molecule has 3 nitrogen and oxygen atoms in total. The molecule has 0 atom stereocenters. The minimum absolute atomic E-state index is 0.314. The standard InChI is InChI=1S/C16H12Br2N2O/c1-9-6-10(8-11(17)7-9)15-14(16(19)21-20-15)12-4-2-3-5-13(12)18/h2-8H,19H2,1H3. The maximum absolute atomic E-state index is 5.99. The Balaban J connectivity index is 2.24. The highest BCUT2D eigenvalue weighted by Crippen LogP contribution is 2.40. The molecule has 3 rings (SSSR count). The molecule has 0 aliphatic carbocycles. The van der Waals surface area contributed by atoms with Crippen molar-refractivity contribution in [1.29, 1.82) is 0 Å². The van der Waals surface area contributed by atoms with E-state index in [2.05, 4.69) is 43.1 Å². The summed E-state index contributed by atoms with van der Waals surface area (Å²) in [7, 11) is 0. The maximum Gasteiger partial charge on any atom is 0.230 e. The van der Waals surface area contributed by atoms with E-state index >= 15 is 0 Å². The Morgan fingerprint density at radius 3 is 2.57 bits per heavy atom. The van der Waals surface area contributed by atoms with E-state index in [4.69, 9.17) is 10.3 Å². The number of benzene rings is 2. The van der Waals surface area contributed by atoms with Crippen molar-refractivity contribution in [2.24, 2.45) is 0 Å². The van der Waals surface area contributed by atoms with Crippen LogP contribution in [0.4, 0.5) is 5.88 Å². The molecule has 5 heteroatoms. The fraction of sp³-hybridized carbons (Fsp3) is 0.0625. The van der Waals surface area contributed by atoms with Crippen LogP contribution in [0.25, 0.3) is 22.4 Å². The van der Waals surface area contributed by atoms with Gasteiger partial charge in [-0.2, -0.15) is 0 Å². The molecule has 0 bridgehead atoms. The molecule has 0 aliphatic heterocycles. The van der Waals surface area contributed by atoms with Crippen LogP contribution in [0.2, 0.25) is 0 Å². The third-order valence-electron chi connectivity index (χ3n) is 3.18. The molecule has 2 aromatic carbocycles. The molecule has 0 saturated heterocycles. The largest absolute Gasteiger partial charge is 0.367 e. The van der Waals surface area contributed by atoms with E-state index in [1.165, 1.54) is 0 Å². The van der Waals surface area contributed by atoms with Gasteiger partial charge < -0.3 is 10.3 Å². The first-order valence-corrected chi connectivity index (χ1v) is 7.92. The zero-order chi connectivity index (χ0) is 15.0. The number of hydrogen-bond donors (Lipinski definition) is 1. The van der Waals surface area contributed by atoms with Crippen LogP contribution in [0, 0.1) is 6.92 Å². The Bertz CT molecular complexity index is 792. The molecule has 0 saturated carbocycles. The Morgan fingerprint density at radius 1 is 1.10 bits per heavy atom. The number of aromatic nitrogens is 1. The molecular weight excluding hydrogens is 396 g/mol. The number of nitrogens with zero attached hydrogens (tertiary/aromatic N) is 1. The number of aryl methyl sites for hydroxylation is 1. The molecule has 0 unspecified atom stereocenters. The Hall–Kier alpha value is -1.59. The first kappa shape index (κ1) is 14.4. The number of nitrogens with two attached hydrogens (primary N) is 1. The van der Waals surface area contributed by atoms with E-state index in [1.807, 2.05) is 43.3 Å². The SMILES string of the molecule is Cc1cc(Br)cc(-c2noc(N)c2-c2ccccc2Br)c1. The van der Waals surface area contributed by atoms with Gasteiger partial charge >= 0.3 is 0 Å². The zero-order valence-electron chi connectivity index (χ0n) is 11.2. The zero-order valence-corrected chi connectivity index (χ0v) is 14.4. The van der Waals surface area contributed by atoms with Crippen molar-refractivity contribution in [2.75, 3.05) is 5.73 Å². The fourth-order valence-electron chi connectivity index (χ4n) is 2.30. The van der Waals surface area contributed by atoms with Crippen molar-refractivity contribution in [3.63, 3.8) is 0 Å². The molecule has 3 aromatic rings. The van der Waals surface area contributed by atoms with Gasteiger partial charge in [0.25, 0.3) is 0 Å². The van der Waals surface area contributed by atoms with Crippen molar-refractivity contribution in [3.05, 3.63) is 57.0 Å². The quantitative estimate of drug-likeness (QED) is 0.616. The van der Waals surface area contributed by atoms with Gasteiger partial charge in [0.15, 0.2) is 0 Å². The van der Waals surface area contributed by atoms with Gasteiger partial charge in [0.1, 0.15) is 5.69 Å². The molecule has 2 N–H and O–H groups in total. The number of rotatable bonds is 2. The van der Waals surface area contributed by atoms with E-state index in [0.29, 0.717) is 5.88 Å². The van der Waals surface area contributed by atoms with Gasteiger partial charge in [0, 0.05) is 20.1 Å². The van der Waals surface area contributed by atoms with Crippen molar-refractivity contribution < 1.29 is 4.52 Å². The minimum atomic E-state index is 0.314. The van der Waals surface area contributed by atoms with Crippen LogP contribution in [0.15, 0.2) is 55.9 Å². The van der Waals surface area contributed by atoms with E-state index in [1.54, 1.807) is 0 Å². The molecule has 0 aliphatic rings. The monoisotopic (exact) mass is 406 g/mol. The Kier molecular flexibility index (Phi) is 3.87.